The van der Waals surface area contributed by atoms with Crippen LogP contribution in [0.25, 0.3) is 0 Å². The number of sulfonamides is 1. The first-order valence-corrected chi connectivity index (χ1v) is 8.51. The smallest absolute Gasteiger partial charge is 0.341 e. The van der Waals surface area contributed by atoms with Crippen molar-refractivity contribution in [1.82, 2.24) is 9.62 Å². The molecule has 0 aliphatic carbocycles. The lowest BCUT2D eigenvalue weighted by molar-refractivity contribution is -0.133. The zero-order valence-corrected chi connectivity index (χ0v) is 13.4. The van der Waals surface area contributed by atoms with Crippen molar-refractivity contribution in [2.45, 2.75) is 17.7 Å². The summed E-state index contributed by atoms with van der Waals surface area (Å²) in [6.45, 7) is 0.725. The van der Waals surface area contributed by atoms with Crippen molar-refractivity contribution in [2.24, 2.45) is 0 Å². The van der Waals surface area contributed by atoms with Gasteiger partial charge in [-0.25, -0.2) is 22.3 Å². The van der Waals surface area contributed by atoms with Gasteiger partial charge in [-0.05, 0) is 38.1 Å². The van der Waals surface area contributed by atoms with E-state index in [-0.39, 0.29) is 10.8 Å². The molecule has 1 aromatic rings. The standard InChI is InChI=1S/C14H17FN2O5S/c1-16-23(20,21)10-4-5-12(15)11(8-10)14(19)22-9-13(18)17-6-2-3-7-17/h4-5,8,16H,2-3,6-7,9H2,1H3. The largest absolute Gasteiger partial charge is 0.452 e. The van der Waals surface area contributed by atoms with Gasteiger partial charge in [-0.1, -0.05) is 0 Å². The van der Waals surface area contributed by atoms with Crippen LogP contribution in [0.2, 0.25) is 0 Å². The first-order valence-electron chi connectivity index (χ1n) is 7.03. The van der Waals surface area contributed by atoms with Crippen LogP contribution in [0, 0.1) is 5.82 Å². The highest BCUT2D eigenvalue weighted by Crippen LogP contribution is 2.16. The summed E-state index contributed by atoms with van der Waals surface area (Å²) in [6, 6.07) is 2.78. The second kappa shape index (κ2) is 7.05. The maximum Gasteiger partial charge on any atom is 0.341 e. The van der Waals surface area contributed by atoms with Crippen LogP contribution >= 0.6 is 0 Å². The highest BCUT2D eigenvalue weighted by Gasteiger charge is 2.22. The molecule has 1 aliphatic rings. The van der Waals surface area contributed by atoms with Crippen LogP contribution in [0.4, 0.5) is 4.39 Å². The van der Waals surface area contributed by atoms with Crippen LogP contribution in [0.3, 0.4) is 0 Å². The second-order valence-electron chi connectivity index (χ2n) is 5.01. The Morgan fingerprint density at radius 3 is 2.57 bits per heavy atom. The molecule has 0 aromatic heterocycles. The number of halogens is 1. The average Bonchev–Trinajstić information content (AvgIpc) is 3.07. The number of carbonyl (C=O) groups excluding carboxylic acids is 2. The molecule has 23 heavy (non-hydrogen) atoms. The van der Waals surface area contributed by atoms with E-state index in [0.717, 1.165) is 31.0 Å². The van der Waals surface area contributed by atoms with Gasteiger partial charge in [0.1, 0.15) is 5.82 Å². The lowest BCUT2D eigenvalue weighted by atomic mass is 10.2. The van der Waals surface area contributed by atoms with Gasteiger partial charge >= 0.3 is 5.97 Å². The van der Waals surface area contributed by atoms with Gasteiger partial charge in [-0.3, -0.25) is 4.79 Å². The van der Waals surface area contributed by atoms with E-state index in [1.54, 1.807) is 4.90 Å². The summed E-state index contributed by atoms with van der Waals surface area (Å²) in [4.78, 5) is 25.0. The molecular weight excluding hydrogens is 327 g/mol. The minimum absolute atomic E-state index is 0.265. The van der Waals surface area contributed by atoms with Gasteiger partial charge in [-0.2, -0.15) is 0 Å². The number of nitrogens with one attached hydrogen (secondary N) is 1. The summed E-state index contributed by atoms with van der Waals surface area (Å²) in [5.41, 5.74) is -0.532. The van der Waals surface area contributed by atoms with Gasteiger partial charge in [0.25, 0.3) is 5.91 Å². The number of nitrogens with zero attached hydrogens (tertiary/aromatic N) is 1. The fraction of sp³-hybridized carbons (Fsp3) is 0.429. The fourth-order valence-corrected chi connectivity index (χ4v) is 2.96. The van der Waals surface area contributed by atoms with Crippen LogP contribution in [-0.4, -0.2) is 51.9 Å². The SMILES string of the molecule is CNS(=O)(=O)c1ccc(F)c(C(=O)OCC(=O)N2CCCC2)c1. The minimum atomic E-state index is -3.81. The molecule has 9 heteroatoms. The van der Waals surface area contributed by atoms with Crippen molar-refractivity contribution in [3.63, 3.8) is 0 Å². The van der Waals surface area contributed by atoms with E-state index in [0.29, 0.717) is 13.1 Å². The third-order valence-corrected chi connectivity index (χ3v) is 4.93. The summed E-state index contributed by atoms with van der Waals surface area (Å²) >= 11 is 0. The molecule has 1 amide bonds. The monoisotopic (exact) mass is 344 g/mol. The van der Waals surface area contributed by atoms with E-state index >= 15 is 0 Å². The topological polar surface area (TPSA) is 92.8 Å². The fourth-order valence-electron chi connectivity index (χ4n) is 2.21. The highest BCUT2D eigenvalue weighted by atomic mass is 32.2. The van der Waals surface area contributed by atoms with Gasteiger partial charge in [-0.15, -0.1) is 0 Å². The number of amides is 1. The van der Waals surface area contributed by atoms with E-state index in [1.807, 2.05) is 0 Å². The molecular formula is C14H17FN2O5S. The Morgan fingerprint density at radius 1 is 1.30 bits per heavy atom. The molecule has 0 bridgehead atoms. The minimum Gasteiger partial charge on any atom is -0.452 e. The highest BCUT2D eigenvalue weighted by molar-refractivity contribution is 7.89. The number of rotatable bonds is 5. The number of hydrogen-bond donors (Lipinski definition) is 1. The summed E-state index contributed by atoms with van der Waals surface area (Å²) < 4.78 is 44.0. The van der Waals surface area contributed by atoms with Crippen molar-refractivity contribution in [3.05, 3.63) is 29.6 Å². The third-order valence-electron chi connectivity index (χ3n) is 3.52. The Bertz CT molecular complexity index is 714. The summed E-state index contributed by atoms with van der Waals surface area (Å²) in [5.74, 6) is -2.35. The molecule has 1 fully saturated rings. The van der Waals surface area contributed by atoms with Crippen LogP contribution in [0.1, 0.15) is 23.2 Å². The molecule has 1 N–H and O–H groups in total. The van der Waals surface area contributed by atoms with Crippen molar-refractivity contribution in [2.75, 3.05) is 26.7 Å². The molecule has 0 unspecified atom stereocenters. The van der Waals surface area contributed by atoms with E-state index in [9.17, 15) is 22.4 Å². The molecule has 7 nitrogen and oxygen atoms in total. The molecule has 2 rings (SSSR count). The Balaban J connectivity index is 2.09. The van der Waals surface area contributed by atoms with Crippen LogP contribution in [-0.2, 0) is 19.6 Å². The second-order valence-corrected chi connectivity index (χ2v) is 6.90. The quantitative estimate of drug-likeness (QED) is 0.786. The normalized spacial score (nSPS) is 14.8. The van der Waals surface area contributed by atoms with E-state index < -0.39 is 34.0 Å². The van der Waals surface area contributed by atoms with Crippen LogP contribution < -0.4 is 4.72 Å². The van der Waals surface area contributed by atoms with Crippen molar-refractivity contribution < 1.29 is 27.1 Å². The van der Waals surface area contributed by atoms with E-state index in [1.165, 1.54) is 7.05 Å². The molecule has 1 aliphatic heterocycles. The number of esters is 1. The van der Waals surface area contributed by atoms with Gasteiger partial charge < -0.3 is 9.64 Å². The van der Waals surface area contributed by atoms with Gasteiger partial charge in [0.15, 0.2) is 6.61 Å². The predicted molar refractivity (Wildman–Crippen MR) is 78.7 cm³/mol. The summed E-state index contributed by atoms with van der Waals surface area (Å²) in [7, 11) is -2.62. The molecule has 1 aromatic carbocycles. The number of carbonyl (C=O) groups is 2. The van der Waals surface area contributed by atoms with Gasteiger partial charge in [0.2, 0.25) is 10.0 Å². The van der Waals surface area contributed by atoms with Crippen LogP contribution in [0.5, 0.6) is 0 Å². The first-order chi connectivity index (χ1) is 10.8. The molecule has 0 radical (unpaired) electrons. The number of ether oxygens (including phenoxy) is 1. The molecule has 126 valence electrons. The summed E-state index contributed by atoms with van der Waals surface area (Å²) in [5, 5.41) is 0. The maximum absolute atomic E-state index is 13.7. The van der Waals surface area contributed by atoms with E-state index in [2.05, 4.69) is 4.72 Å². The van der Waals surface area contributed by atoms with Crippen molar-refractivity contribution in [3.8, 4) is 0 Å². The third kappa shape index (κ3) is 4.05. The Hall–Kier alpha value is -2.00. The van der Waals surface area contributed by atoms with Crippen LogP contribution in [0.15, 0.2) is 23.1 Å². The van der Waals surface area contributed by atoms with Crippen molar-refractivity contribution >= 4 is 21.9 Å². The van der Waals surface area contributed by atoms with Gasteiger partial charge in [0.05, 0.1) is 10.5 Å². The Kier molecular flexibility index (Phi) is 5.32. The molecule has 0 atom stereocenters. The molecule has 0 spiro atoms. The number of likely N-dealkylation sites (tertiary alicyclic amines) is 1. The Morgan fingerprint density at radius 2 is 1.96 bits per heavy atom. The number of benzene rings is 1. The Labute approximate surface area is 133 Å². The molecule has 1 heterocycles. The predicted octanol–water partition coefficient (Wildman–Crippen LogP) is 0.513. The molecule has 1 saturated heterocycles. The molecule has 0 saturated carbocycles. The lowest BCUT2D eigenvalue weighted by Gasteiger charge is -2.15. The maximum atomic E-state index is 13.7. The van der Waals surface area contributed by atoms with Crippen molar-refractivity contribution in [1.29, 1.82) is 0 Å². The first kappa shape index (κ1) is 17.4. The van der Waals surface area contributed by atoms with Gasteiger partial charge in [0, 0.05) is 13.1 Å². The number of hydrogen-bond acceptors (Lipinski definition) is 5. The summed E-state index contributed by atoms with van der Waals surface area (Å²) in [6.07, 6.45) is 1.80. The lowest BCUT2D eigenvalue weighted by Crippen LogP contribution is -2.32. The zero-order chi connectivity index (χ0) is 17.0. The van der Waals surface area contributed by atoms with E-state index in [4.69, 9.17) is 4.74 Å². The zero-order valence-electron chi connectivity index (χ0n) is 12.5. The average molecular weight is 344 g/mol.